The number of thiophene rings is 1. The lowest BCUT2D eigenvalue weighted by Gasteiger charge is -2.31. The number of aliphatic hydroxyl groups is 1. The molecule has 2 aromatic carbocycles. The van der Waals surface area contributed by atoms with E-state index < -0.39 is 11.4 Å². The SMILES string of the molecule is C=CC(=O)N1CCC(Oc2ccc3ncnc(Nc4cc(-c5cc(C)cs5)c(F)cc4C(C)(C)O)c3c2)CC1. The van der Waals surface area contributed by atoms with Crippen molar-refractivity contribution in [2.45, 2.75) is 45.3 Å². The van der Waals surface area contributed by atoms with Crippen LogP contribution >= 0.6 is 11.3 Å². The molecule has 0 spiro atoms. The Morgan fingerprint density at radius 1 is 1.23 bits per heavy atom. The van der Waals surface area contributed by atoms with E-state index in [4.69, 9.17) is 4.74 Å². The van der Waals surface area contributed by atoms with Gasteiger partial charge in [0.1, 0.15) is 29.8 Å². The van der Waals surface area contributed by atoms with Crippen LogP contribution in [0.4, 0.5) is 15.9 Å². The molecule has 0 radical (unpaired) electrons. The van der Waals surface area contributed by atoms with E-state index in [2.05, 4.69) is 21.9 Å². The van der Waals surface area contributed by atoms with Crippen molar-refractivity contribution >= 4 is 39.7 Å². The molecular formula is C30H31FN4O3S. The summed E-state index contributed by atoms with van der Waals surface area (Å²) in [7, 11) is 0. The molecule has 0 unspecified atom stereocenters. The standard InChI is InChI=1S/C30H31FN4O3S/c1-5-28(36)35-10-8-19(9-11-35)38-20-6-7-25-22(13-20)29(33-17-32-25)34-26-14-21(27-12-18(2)16-39-27)24(31)15-23(26)30(3,4)37/h5-7,12-17,19,37H,1,8-11H2,2-4H3,(H,32,33,34). The zero-order valence-corrected chi connectivity index (χ0v) is 23.0. The Hall–Kier alpha value is -3.82. The zero-order chi connectivity index (χ0) is 27.7. The highest BCUT2D eigenvalue weighted by atomic mass is 32.1. The normalized spacial score (nSPS) is 14.4. The maximum atomic E-state index is 15.2. The lowest BCUT2D eigenvalue weighted by atomic mass is 9.94. The number of aryl methyl sites for hydroxylation is 1. The fraction of sp³-hybridized carbons (Fsp3) is 0.300. The van der Waals surface area contributed by atoms with Crippen LogP contribution in [0.15, 0.2) is 60.8 Å². The number of piperidine rings is 1. The van der Waals surface area contributed by atoms with E-state index in [1.165, 1.54) is 29.8 Å². The van der Waals surface area contributed by atoms with Crippen molar-refractivity contribution < 1.29 is 19.0 Å². The number of hydrogen-bond donors (Lipinski definition) is 2. The maximum absolute atomic E-state index is 15.2. The third-order valence-corrected chi connectivity index (χ3v) is 7.93. The van der Waals surface area contributed by atoms with Crippen LogP contribution in [0, 0.1) is 12.7 Å². The summed E-state index contributed by atoms with van der Waals surface area (Å²) in [6, 6.07) is 10.7. The summed E-state index contributed by atoms with van der Waals surface area (Å²) in [5.41, 5.74) is 1.89. The summed E-state index contributed by atoms with van der Waals surface area (Å²) >= 11 is 1.47. The number of carbonyl (C=O) groups is 1. The lowest BCUT2D eigenvalue weighted by molar-refractivity contribution is -0.127. The molecule has 0 saturated carbocycles. The van der Waals surface area contributed by atoms with Crippen LogP contribution in [-0.4, -0.2) is 45.1 Å². The van der Waals surface area contributed by atoms with Crippen LogP contribution in [0.25, 0.3) is 21.3 Å². The van der Waals surface area contributed by atoms with Crippen molar-refractivity contribution in [3.8, 4) is 16.2 Å². The van der Waals surface area contributed by atoms with E-state index in [0.29, 0.717) is 47.0 Å². The average Bonchev–Trinajstić information content (AvgIpc) is 3.35. The minimum Gasteiger partial charge on any atom is -0.490 e. The van der Waals surface area contributed by atoms with Gasteiger partial charge in [-0.2, -0.15) is 0 Å². The maximum Gasteiger partial charge on any atom is 0.245 e. The minimum atomic E-state index is -1.30. The third-order valence-electron chi connectivity index (χ3n) is 6.85. The van der Waals surface area contributed by atoms with Crippen LogP contribution in [0.3, 0.4) is 0 Å². The predicted octanol–water partition coefficient (Wildman–Crippen LogP) is 6.33. The number of nitrogens with one attached hydrogen (secondary N) is 1. The van der Waals surface area contributed by atoms with Gasteiger partial charge >= 0.3 is 0 Å². The van der Waals surface area contributed by atoms with Crippen LogP contribution in [-0.2, 0) is 10.4 Å². The van der Waals surface area contributed by atoms with Gasteiger partial charge in [-0.1, -0.05) is 6.58 Å². The van der Waals surface area contributed by atoms with Crippen molar-refractivity contribution in [2.75, 3.05) is 18.4 Å². The van der Waals surface area contributed by atoms with Gasteiger partial charge in [0, 0.05) is 53.0 Å². The second-order valence-corrected chi connectivity index (χ2v) is 11.2. The Morgan fingerprint density at radius 2 is 2.00 bits per heavy atom. The van der Waals surface area contributed by atoms with E-state index in [1.807, 2.05) is 36.6 Å². The quantitative estimate of drug-likeness (QED) is 0.263. The van der Waals surface area contributed by atoms with Crippen molar-refractivity contribution in [3.63, 3.8) is 0 Å². The van der Waals surface area contributed by atoms with Crippen molar-refractivity contribution in [1.82, 2.24) is 14.9 Å². The molecule has 0 aliphatic carbocycles. The molecule has 0 atom stereocenters. The van der Waals surface area contributed by atoms with E-state index >= 15 is 4.39 Å². The van der Waals surface area contributed by atoms with E-state index in [1.54, 1.807) is 24.8 Å². The van der Waals surface area contributed by atoms with Crippen LogP contribution in [0.2, 0.25) is 0 Å². The Kier molecular flexibility index (Phi) is 7.38. The fourth-order valence-electron chi connectivity index (χ4n) is 4.80. The second kappa shape index (κ2) is 10.7. The van der Waals surface area contributed by atoms with Gasteiger partial charge in [-0.15, -0.1) is 11.3 Å². The Morgan fingerprint density at radius 3 is 2.67 bits per heavy atom. The predicted molar refractivity (Wildman–Crippen MR) is 153 cm³/mol. The molecule has 2 aromatic heterocycles. The number of carbonyl (C=O) groups excluding carboxylic acids is 1. The van der Waals surface area contributed by atoms with Crippen LogP contribution in [0.1, 0.15) is 37.8 Å². The second-order valence-electron chi connectivity index (χ2n) is 10.3. The Labute approximate surface area is 231 Å². The molecule has 3 heterocycles. The molecular weight excluding hydrogens is 515 g/mol. The van der Waals surface area contributed by atoms with Crippen molar-refractivity contribution in [1.29, 1.82) is 0 Å². The van der Waals surface area contributed by atoms with Gasteiger partial charge in [0.2, 0.25) is 5.91 Å². The van der Waals surface area contributed by atoms with Gasteiger partial charge in [0.25, 0.3) is 0 Å². The topological polar surface area (TPSA) is 87.6 Å². The van der Waals surface area contributed by atoms with Gasteiger partial charge < -0.3 is 20.1 Å². The zero-order valence-electron chi connectivity index (χ0n) is 22.2. The molecule has 5 rings (SSSR count). The number of halogens is 1. The summed E-state index contributed by atoms with van der Waals surface area (Å²) in [6.45, 7) is 10.0. The molecule has 1 aliphatic heterocycles. The first-order valence-electron chi connectivity index (χ1n) is 12.8. The molecule has 1 fully saturated rings. The minimum absolute atomic E-state index is 0.0203. The van der Waals surface area contributed by atoms with Gasteiger partial charge in [-0.3, -0.25) is 4.79 Å². The molecule has 2 N–H and O–H groups in total. The number of aromatic nitrogens is 2. The van der Waals surface area contributed by atoms with Gasteiger partial charge in [0.05, 0.1) is 11.1 Å². The van der Waals surface area contributed by atoms with Gasteiger partial charge in [-0.05, 0) is 74.2 Å². The summed E-state index contributed by atoms with van der Waals surface area (Å²) in [4.78, 5) is 23.3. The molecule has 39 heavy (non-hydrogen) atoms. The summed E-state index contributed by atoms with van der Waals surface area (Å²) in [5.74, 6) is 0.729. The average molecular weight is 547 g/mol. The number of anilines is 2. The first-order chi connectivity index (χ1) is 18.6. The number of ether oxygens (including phenoxy) is 1. The molecule has 9 heteroatoms. The van der Waals surface area contributed by atoms with Gasteiger partial charge in [0.15, 0.2) is 0 Å². The number of likely N-dealkylation sites (tertiary alicyclic amines) is 1. The first-order valence-corrected chi connectivity index (χ1v) is 13.7. The number of benzene rings is 2. The number of rotatable bonds is 7. The lowest BCUT2D eigenvalue weighted by Crippen LogP contribution is -2.41. The third kappa shape index (κ3) is 5.79. The Balaban J connectivity index is 1.46. The number of nitrogens with zero attached hydrogens (tertiary/aromatic N) is 3. The largest absolute Gasteiger partial charge is 0.490 e. The van der Waals surface area contributed by atoms with Gasteiger partial charge in [-0.25, -0.2) is 14.4 Å². The highest BCUT2D eigenvalue weighted by molar-refractivity contribution is 7.13. The molecule has 202 valence electrons. The molecule has 1 aliphatic rings. The number of fused-ring (bicyclic) bond motifs is 1. The monoisotopic (exact) mass is 546 g/mol. The van der Waals surface area contributed by atoms with Crippen LogP contribution < -0.4 is 10.1 Å². The molecule has 4 aromatic rings. The number of hydrogen-bond acceptors (Lipinski definition) is 7. The first kappa shape index (κ1) is 26.8. The molecule has 7 nitrogen and oxygen atoms in total. The smallest absolute Gasteiger partial charge is 0.245 e. The highest BCUT2D eigenvalue weighted by Gasteiger charge is 2.25. The van der Waals surface area contributed by atoms with Crippen LogP contribution in [0.5, 0.6) is 5.75 Å². The summed E-state index contributed by atoms with van der Waals surface area (Å²) in [5, 5.41) is 16.9. The fourth-order valence-corrected chi connectivity index (χ4v) is 5.71. The Bertz CT molecular complexity index is 1540. The molecule has 1 amide bonds. The molecule has 0 bridgehead atoms. The molecule has 1 saturated heterocycles. The summed E-state index contributed by atoms with van der Waals surface area (Å²) in [6.07, 6.45) is 4.24. The number of amides is 1. The summed E-state index contributed by atoms with van der Waals surface area (Å²) < 4.78 is 21.5. The van der Waals surface area contributed by atoms with E-state index in [9.17, 15) is 9.90 Å². The van der Waals surface area contributed by atoms with E-state index in [-0.39, 0.29) is 12.0 Å². The highest BCUT2D eigenvalue weighted by Crippen LogP contribution is 2.38. The van der Waals surface area contributed by atoms with Crippen molar-refractivity contribution in [2.24, 2.45) is 0 Å². The van der Waals surface area contributed by atoms with Crippen molar-refractivity contribution in [3.05, 3.63) is 77.7 Å². The van der Waals surface area contributed by atoms with E-state index in [0.717, 1.165) is 28.7 Å².